The molecule has 0 aliphatic carbocycles. The molecule has 2 aromatic rings. The van der Waals surface area contributed by atoms with Gasteiger partial charge in [0.1, 0.15) is 11.8 Å². The van der Waals surface area contributed by atoms with E-state index in [9.17, 15) is 14.9 Å². The molecule has 7 nitrogen and oxygen atoms in total. The number of rotatable bonds is 3. The first-order valence-electron chi connectivity index (χ1n) is 10.4. The van der Waals surface area contributed by atoms with Crippen molar-refractivity contribution in [3.05, 3.63) is 47.0 Å². The van der Waals surface area contributed by atoms with Crippen LogP contribution in [-0.2, 0) is 13.0 Å². The van der Waals surface area contributed by atoms with E-state index in [1.165, 1.54) is 0 Å². The summed E-state index contributed by atoms with van der Waals surface area (Å²) in [6.07, 6.45) is 7.03. The SMILES string of the molecule is N#Cc1ccccc1NC(=O)c1nc(C(=O)N2CCCCCC2)c2n1CCCC2. The van der Waals surface area contributed by atoms with Gasteiger partial charge in [0.25, 0.3) is 11.8 Å². The second-order valence-corrected chi connectivity index (χ2v) is 7.66. The number of carbonyl (C=O) groups is 2. The molecule has 29 heavy (non-hydrogen) atoms. The molecule has 0 atom stereocenters. The maximum atomic E-state index is 13.2. The smallest absolute Gasteiger partial charge is 0.291 e. The quantitative estimate of drug-likeness (QED) is 0.868. The molecule has 0 unspecified atom stereocenters. The summed E-state index contributed by atoms with van der Waals surface area (Å²) >= 11 is 0. The highest BCUT2D eigenvalue weighted by atomic mass is 16.2. The summed E-state index contributed by atoms with van der Waals surface area (Å²) in [5.41, 5.74) is 2.13. The number of aromatic nitrogens is 2. The first kappa shape index (κ1) is 19.2. The van der Waals surface area contributed by atoms with E-state index in [1.807, 2.05) is 9.47 Å². The Balaban J connectivity index is 1.65. The van der Waals surface area contributed by atoms with Crippen LogP contribution in [0, 0.1) is 11.3 Å². The van der Waals surface area contributed by atoms with Crippen molar-refractivity contribution in [3.8, 4) is 6.07 Å². The Morgan fingerprint density at radius 2 is 1.72 bits per heavy atom. The van der Waals surface area contributed by atoms with Crippen LogP contribution in [0.4, 0.5) is 5.69 Å². The first-order valence-corrected chi connectivity index (χ1v) is 10.4. The number of likely N-dealkylation sites (tertiary alicyclic amines) is 1. The lowest BCUT2D eigenvalue weighted by molar-refractivity contribution is 0.0754. The largest absolute Gasteiger partial charge is 0.337 e. The van der Waals surface area contributed by atoms with Gasteiger partial charge in [-0.25, -0.2) is 4.98 Å². The zero-order chi connectivity index (χ0) is 20.2. The van der Waals surface area contributed by atoms with Crippen LogP contribution in [0.25, 0.3) is 0 Å². The van der Waals surface area contributed by atoms with Crippen molar-refractivity contribution in [2.24, 2.45) is 0 Å². The van der Waals surface area contributed by atoms with E-state index in [0.717, 1.165) is 63.7 Å². The van der Waals surface area contributed by atoms with E-state index >= 15 is 0 Å². The molecule has 0 bridgehead atoms. The molecule has 1 fully saturated rings. The van der Waals surface area contributed by atoms with Gasteiger partial charge in [0.15, 0.2) is 5.82 Å². The zero-order valence-electron chi connectivity index (χ0n) is 16.5. The lowest BCUT2D eigenvalue weighted by Gasteiger charge is -2.21. The number of anilines is 1. The van der Waals surface area contributed by atoms with Gasteiger partial charge in [-0.1, -0.05) is 25.0 Å². The van der Waals surface area contributed by atoms with Crippen LogP contribution in [0.2, 0.25) is 0 Å². The van der Waals surface area contributed by atoms with Crippen molar-refractivity contribution < 1.29 is 9.59 Å². The minimum absolute atomic E-state index is 0.0611. The van der Waals surface area contributed by atoms with Gasteiger partial charge in [-0.2, -0.15) is 5.26 Å². The Morgan fingerprint density at radius 1 is 1.00 bits per heavy atom. The van der Waals surface area contributed by atoms with Crippen LogP contribution < -0.4 is 5.32 Å². The Kier molecular flexibility index (Phi) is 5.61. The first-order chi connectivity index (χ1) is 14.2. The molecule has 1 aromatic carbocycles. The van der Waals surface area contributed by atoms with Gasteiger partial charge in [-0.05, 0) is 44.2 Å². The van der Waals surface area contributed by atoms with Crippen LogP contribution in [0.5, 0.6) is 0 Å². The molecule has 0 saturated carbocycles. The molecule has 7 heteroatoms. The van der Waals surface area contributed by atoms with Gasteiger partial charge in [0.2, 0.25) is 0 Å². The summed E-state index contributed by atoms with van der Waals surface area (Å²) < 4.78 is 1.89. The number of nitriles is 1. The molecule has 2 aliphatic rings. The number of imidazole rings is 1. The molecule has 1 aromatic heterocycles. The number of hydrogen-bond donors (Lipinski definition) is 1. The summed E-state index contributed by atoms with van der Waals surface area (Å²) in [6.45, 7) is 2.18. The van der Waals surface area contributed by atoms with Crippen molar-refractivity contribution in [2.75, 3.05) is 18.4 Å². The summed E-state index contributed by atoms with van der Waals surface area (Å²) in [5, 5.41) is 12.1. The van der Waals surface area contributed by atoms with Gasteiger partial charge < -0.3 is 14.8 Å². The maximum Gasteiger partial charge on any atom is 0.291 e. The number of para-hydroxylation sites is 1. The Hall–Kier alpha value is -3.14. The highest BCUT2D eigenvalue weighted by molar-refractivity contribution is 6.04. The average molecular weight is 391 g/mol. The number of fused-ring (bicyclic) bond motifs is 1. The normalized spacial score (nSPS) is 16.4. The highest BCUT2D eigenvalue weighted by Gasteiger charge is 2.30. The van der Waals surface area contributed by atoms with Crippen LogP contribution in [0.1, 0.15) is 70.9 Å². The van der Waals surface area contributed by atoms with Gasteiger partial charge >= 0.3 is 0 Å². The second-order valence-electron chi connectivity index (χ2n) is 7.66. The predicted octanol–water partition coefficient (Wildman–Crippen LogP) is 3.36. The molecule has 1 N–H and O–H groups in total. The fourth-order valence-electron chi connectivity index (χ4n) is 4.18. The lowest BCUT2D eigenvalue weighted by atomic mass is 10.1. The van der Waals surface area contributed by atoms with Gasteiger partial charge in [-0.15, -0.1) is 0 Å². The summed E-state index contributed by atoms with van der Waals surface area (Å²) in [7, 11) is 0. The van der Waals surface area contributed by atoms with E-state index in [4.69, 9.17) is 0 Å². The third-order valence-electron chi connectivity index (χ3n) is 5.71. The standard InChI is InChI=1S/C22H25N5O2/c23-15-16-9-3-4-10-17(16)24-21(28)20-25-19(18-11-5-8-14-27(18)20)22(29)26-12-6-1-2-7-13-26/h3-4,9-10H,1-2,5-8,11-14H2,(H,24,28). The van der Waals surface area contributed by atoms with E-state index in [2.05, 4.69) is 16.4 Å². The maximum absolute atomic E-state index is 13.2. The van der Waals surface area contributed by atoms with E-state index in [1.54, 1.807) is 24.3 Å². The average Bonchev–Trinajstić information content (AvgIpc) is 2.93. The number of nitrogens with one attached hydrogen (secondary N) is 1. The highest BCUT2D eigenvalue weighted by Crippen LogP contribution is 2.24. The van der Waals surface area contributed by atoms with Crippen molar-refractivity contribution in [2.45, 2.75) is 51.5 Å². The van der Waals surface area contributed by atoms with Crippen molar-refractivity contribution in [1.82, 2.24) is 14.5 Å². The molecular formula is C22H25N5O2. The Labute approximate surface area is 170 Å². The molecule has 1 saturated heterocycles. The summed E-state index contributed by atoms with van der Waals surface area (Å²) in [5.74, 6) is -0.189. The monoisotopic (exact) mass is 391 g/mol. The molecule has 150 valence electrons. The fraction of sp³-hybridized carbons (Fsp3) is 0.455. The van der Waals surface area contributed by atoms with Crippen molar-refractivity contribution >= 4 is 17.5 Å². The number of benzene rings is 1. The number of carbonyl (C=O) groups excluding carboxylic acids is 2. The van der Waals surface area contributed by atoms with Crippen molar-refractivity contribution in [3.63, 3.8) is 0 Å². The second kappa shape index (κ2) is 8.48. The van der Waals surface area contributed by atoms with Crippen molar-refractivity contribution in [1.29, 1.82) is 5.26 Å². The molecule has 2 amide bonds. The fourth-order valence-corrected chi connectivity index (χ4v) is 4.18. The summed E-state index contributed by atoms with van der Waals surface area (Å²) in [4.78, 5) is 32.6. The van der Waals surface area contributed by atoms with Crippen LogP contribution >= 0.6 is 0 Å². The van der Waals surface area contributed by atoms with Crippen LogP contribution in [-0.4, -0.2) is 39.4 Å². The van der Waals surface area contributed by atoms with E-state index in [0.29, 0.717) is 23.5 Å². The number of hydrogen-bond acceptors (Lipinski definition) is 4. The molecule has 2 aliphatic heterocycles. The molecular weight excluding hydrogens is 366 g/mol. The van der Waals surface area contributed by atoms with Crippen LogP contribution in [0.3, 0.4) is 0 Å². The van der Waals surface area contributed by atoms with Gasteiger partial charge in [0.05, 0.1) is 16.9 Å². The number of nitrogens with zero attached hydrogens (tertiary/aromatic N) is 4. The lowest BCUT2D eigenvalue weighted by Crippen LogP contribution is -2.33. The van der Waals surface area contributed by atoms with E-state index in [-0.39, 0.29) is 17.6 Å². The van der Waals surface area contributed by atoms with E-state index < -0.39 is 0 Å². The molecule has 3 heterocycles. The molecule has 0 radical (unpaired) electrons. The topological polar surface area (TPSA) is 91.0 Å². The minimum atomic E-state index is -0.384. The van der Waals surface area contributed by atoms with Gasteiger partial charge in [0, 0.05) is 19.6 Å². The molecule has 4 rings (SSSR count). The third kappa shape index (κ3) is 3.88. The summed E-state index contributed by atoms with van der Waals surface area (Å²) in [6, 6.07) is 8.96. The predicted molar refractivity (Wildman–Crippen MR) is 109 cm³/mol. The Bertz CT molecular complexity index is 964. The number of amides is 2. The molecule has 0 spiro atoms. The van der Waals surface area contributed by atoms with Gasteiger partial charge in [-0.3, -0.25) is 9.59 Å². The minimum Gasteiger partial charge on any atom is -0.337 e. The Morgan fingerprint density at radius 3 is 2.48 bits per heavy atom. The third-order valence-corrected chi connectivity index (χ3v) is 5.71. The zero-order valence-corrected chi connectivity index (χ0v) is 16.5. The van der Waals surface area contributed by atoms with Crippen LogP contribution in [0.15, 0.2) is 24.3 Å².